The Morgan fingerprint density at radius 3 is 2.44 bits per heavy atom. The molecule has 1 aromatic heterocycles. The highest BCUT2D eigenvalue weighted by atomic mass is 32.2. The third-order valence-corrected chi connectivity index (χ3v) is 5.75. The molecule has 10 heteroatoms. The highest BCUT2D eigenvalue weighted by Gasteiger charge is 2.32. The molecule has 0 atom stereocenters. The summed E-state index contributed by atoms with van der Waals surface area (Å²) in [4.78, 5) is 13.2. The molecule has 2 aromatic carbocycles. The number of rotatable bonds is 8. The van der Waals surface area contributed by atoms with Crippen LogP contribution < -0.4 is 4.18 Å². The predicted octanol–water partition coefficient (Wildman–Crippen LogP) is 5.00. The average Bonchev–Trinajstić information content (AvgIpc) is 3.25. The van der Waals surface area contributed by atoms with Crippen LogP contribution in [0, 0.1) is 0 Å². The normalized spacial score (nSPS) is 11.9. The number of hydrogen-bond donors (Lipinski definition) is 0. The van der Waals surface area contributed by atoms with E-state index in [1.807, 2.05) is 0 Å². The molecule has 0 radical (unpaired) electrons. The number of halogens is 3. The van der Waals surface area contributed by atoms with Crippen molar-refractivity contribution >= 4 is 16.0 Å². The molecule has 6 nitrogen and oxygen atoms in total. The molecule has 0 N–H and O–H groups in total. The van der Waals surface area contributed by atoms with Crippen molar-refractivity contribution in [1.29, 1.82) is 0 Å². The Morgan fingerprint density at radius 2 is 1.78 bits per heavy atom. The Morgan fingerprint density at radius 1 is 1.03 bits per heavy atom. The van der Waals surface area contributed by atoms with Crippen molar-refractivity contribution in [1.82, 2.24) is 4.90 Å². The second-order valence-electron chi connectivity index (χ2n) is 6.89. The van der Waals surface area contributed by atoms with Crippen molar-refractivity contribution in [2.24, 2.45) is 0 Å². The molecule has 1 heterocycles. The zero-order chi connectivity index (χ0) is 23.4. The molecule has 1 amide bonds. The van der Waals surface area contributed by atoms with Gasteiger partial charge in [0.05, 0.1) is 18.4 Å². The van der Waals surface area contributed by atoms with E-state index in [-0.39, 0.29) is 31.2 Å². The molecule has 0 aliphatic heterocycles. The standard InChI is InChI=1S/C22H20F3NO5S/c1-2-21(27)26(15-19-9-5-11-30-19)14-16-6-3-8-18(12-16)31-32(28,29)20-10-4-7-17(13-20)22(23,24)25/h3-13H,2,14-15H2,1H3. The summed E-state index contributed by atoms with van der Waals surface area (Å²) >= 11 is 0. The lowest BCUT2D eigenvalue weighted by molar-refractivity contribution is -0.137. The monoisotopic (exact) mass is 467 g/mol. The highest BCUT2D eigenvalue weighted by molar-refractivity contribution is 7.87. The van der Waals surface area contributed by atoms with Crippen LogP contribution in [0.15, 0.2) is 76.2 Å². The number of alkyl halides is 3. The highest BCUT2D eigenvalue weighted by Crippen LogP contribution is 2.31. The number of nitrogens with zero attached hydrogens (tertiary/aromatic N) is 1. The van der Waals surface area contributed by atoms with Crippen LogP contribution >= 0.6 is 0 Å². The third-order valence-electron chi connectivity index (χ3n) is 4.51. The van der Waals surface area contributed by atoms with E-state index in [1.165, 1.54) is 24.5 Å². The molecule has 3 rings (SSSR count). The Labute approximate surface area is 183 Å². The minimum atomic E-state index is -4.69. The van der Waals surface area contributed by atoms with Crippen molar-refractivity contribution in [3.8, 4) is 5.75 Å². The fourth-order valence-corrected chi connectivity index (χ4v) is 3.94. The van der Waals surface area contributed by atoms with Gasteiger partial charge >= 0.3 is 16.3 Å². The van der Waals surface area contributed by atoms with Gasteiger partial charge in [0.25, 0.3) is 0 Å². The largest absolute Gasteiger partial charge is 0.467 e. The van der Waals surface area contributed by atoms with Gasteiger partial charge in [-0.2, -0.15) is 21.6 Å². The molecule has 0 aliphatic carbocycles. The SMILES string of the molecule is CCC(=O)N(Cc1cccc(OS(=O)(=O)c2cccc(C(F)(F)F)c2)c1)Cc1ccco1. The van der Waals surface area contributed by atoms with Crippen LogP contribution in [-0.4, -0.2) is 19.2 Å². The van der Waals surface area contributed by atoms with Crippen molar-refractivity contribution < 1.29 is 35.0 Å². The summed E-state index contributed by atoms with van der Waals surface area (Å²) in [5.41, 5.74) is -0.516. The lowest BCUT2D eigenvalue weighted by Gasteiger charge is -2.21. The topological polar surface area (TPSA) is 76.8 Å². The van der Waals surface area contributed by atoms with Crippen LogP contribution in [0.3, 0.4) is 0 Å². The van der Waals surface area contributed by atoms with Crippen LogP contribution in [0.4, 0.5) is 13.2 Å². The van der Waals surface area contributed by atoms with E-state index < -0.39 is 26.8 Å². The molecule has 0 saturated carbocycles. The van der Waals surface area contributed by atoms with Gasteiger partial charge in [0.15, 0.2) is 0 Å². The van der Waals surface area contributed by atoms with Gasteiger partial charge in [-0.3, -0.25) is 4.79 Å². The van der Waals surface area contributed by atoms with Crippen molar-refractivity contribution in [3.63, 3.8) is 0 Å². The minimum absolute atomic E-state index is 0.0817. The first-order valence-corrected chi connectivity index (χ1v) is 11.0. The van der Waals surface area contributed by atoms with E-state index in [2.05, 4.69) is 0 Å². The molecule has 0 unspecified atom stereocenters. The average molecular weight is 467 g/mol. The van der Waals surface area contributed by atoms with Gasteiger partial charge in [0.1, 0.15) is 16.4 Å². The minimum Gasteiger partial charge on any atom is -0.467 e. The molecule has 0 saturated heterocycles. The fourth-order valence-electron chi connectivity index (χ4n) is 2.97. The van der Waals surface area contributed by atoms with E-state index in [0.717, 1.165) is 18.2 Å². The number of hydrogen-bond acceptors (Lipinski definition) is 5. The number of furan rings is 1. The molecule has 0 bridgehead atoms. The van der Waals surface area contributed by atoms with E-state index in [0.29, 0.717) is 17.4 Å². The maximum Gasteiger partial charge on any atom is 0.416 e. The summed E-state index contributed by atoms with van der Waals surface area (Å²) in [5, 5.41) is 0. The number of carbonyl (C=O) groups is 1. The Hall–Kier alpha value is -3.27. The predicted molar refractivity (Wildman–Crippen MR) is 109 cm³/mol. The smallest absolute Gasteiger partial charge is 0.416 e. The molecule has 0 spiro atoms. The lowest BCUT2D eigenvalue weighted by atomic mass is 10.2. The third kappa shape index (κ3) is 5.91. The number of carbonyl (C=O) groups excluding carboxylic acids is 1. The van der Waals surface area contributed by atoms with E-state index in [4.69, 9.17) is 8.60 Å². The summed E-state index contributed by atoms with van der Waals surface area (Å²) in [6, 6.07) is 12.8. The van der Waals surface area contributed by atoms with Crippen LogP contribution in [0.25, 0.3) is 0 Å². The van der Waals surface area contributed by atoms with Crippen LogP contribution in [-0.2, 0) is 34.2 Å². The molecular weight excluding hydrogens is 447 g/mol. The molecular formula is C22H20F3NO5S. The fraction of sp³-hybridized carbons (Fsp3) is 0.227. The molecule has 32 heavy (non-hydrogen) atoms. The Balaban J connectivity index is 1.80. The van der Waals surface area contributed by atoms with Crippen molar-refractivity contribution in [2.75, 3.05) is 0 Å². The summed E-state index contributed by atoms with van der Waals surface area (Å²) in [7, 11) is -4.50. The van der Waals surface area contributed by atoms with E-state index in [1.54, 1.807) is 30.0 Å². The van der Waals surface area contributed by atoms with E-state index in [9.17, 15) is 26.4 Å². The summed E-state index contributed by atoms with van der Waals surface area (Å²) in [6.45, 7) is 2.11. The molecule has 3 aromatic rings. The maximum atomic E-state index is 12.9. The van der Waals surface area contributed by atoms with Gasteiger partial charge in [-0.15, -0.1) is 0 Å². The molecule has 170 valence electrons. The molecule has 0 fully saturated rings. The lowest BCUT2D eigenvalue weighted by Crippen LogP contribution is -2.29. The first kappa shape index (κ1) is 23.4. The van der Waals surface area contributed by atoms with Crippen molar-refractivity contribution in [2.45, 2.75) is 37.5 Å². The zero-order valence-electron chi connectivity index (χ0n) is 17.0. The van der Waals surface area contributed by atoms with Gasteiger partial charge in [-0.1, -0.05) is 25.1 Å². The van der Waals surface area contributed by atoms with Crippen molar-refractivity contribution in [3.05, 3.63) is 83.8 Å². The zero-order valence-corrected chi connectivity index (χ0v) is 17.8. The first-order valence-electron chi connectivity index (χ1n) is 9.59. The van der Waals surface area contributed by atoms with Crippen LogP contribution in [0.5, 0.6) is 5.75 Å². The first-order chi connectivity index (χ1) is 15.1. The summed E-state index contributed by atoms with van der Waals surface area (Å²) in [5.74, 6) is 0.373. The van der Waals surface area contributed by atoms with Gasteiger partial charge < -0.3 is 13.5 Å². The molecule has 0 aliphatic rings. The number of benzene rings is 2. The van der Waals surface area contributed by atoms with Gasteiger partial charge in [-0.05, 0) is 48.0 Å². The maximum absolute atomic E-state index is 12.9. The van der Waals surface area contributed by atoms with Gasteiger partial charge in [0.2, 0.25) is 5.91 Å². The Kier molecular flexibility index (Phi) is 6.93. The second-order valence-corrected chi connectivity index (χ2v) is 8.44. The van der Waals surface area contributed by atoms with E-state index >= 15 is 0 Å². The summed E-state index contributed by atoms with van der Waals surface area (Å²) in [6.07, 6.45) is -2.92. The van der Waals surface area contributed by atoms with Crippen LogP contribution in [0.2, 0.25) is 0 Å². The van der Waals surface area contributed by atoms with Gasteiger partial charge in [-0.25, -0.2) is 0 Å². The quantitative estimate of drug-likeness (QED) is 0.436. The second kappa shape index (κ2) is 9.47. The van der Waals surface area contributed by atoms with Crippen LogP contribution in [0.1, 0.15) is 30.2 Å². The number of amides is 1. The van der Waals surface area contributed by atoms with Gasteiger partial charge in [0, 0.05) is 13.0 Å². The summed E-state index contributed by atoms with van der Waals surface area (Å²) < 4.78 is 74.1. The Bertz CT molecular complexity index is 1170.